The highest BCUT2D eigenvalue weighted by atomic mass is 19.2. The fourth-order valence-electron chi connectivity index (χ4n) is 1.95. The van der Waals surface area contributed by atoms with Gasteiger partial charge in [-0.1, -0.05) is 0 Å². The number of hydrogen-bond donors (Lipinski definition) is 0. The van der Waals surface area contributed by atoms with Crippen LogP contribution in [0.3, 0.4) is 0 Å². The maximum absolute atomic E-state index is 13.1. The summed E-state index contributed by atoms with van der Waals surface area (Å²) in [6.07, 6.45) is 0. The molecule has 1 aromatic carbocycles. The number of nitriles is 1. The van der Waals surface area contributed by atoms with E-state index in [4.69, 9.17) is 5.26 Å². The van der Waals surface area contributed by atoms with E-state index in [0.717, 1.165) is 32.2 Å². The molecule has 0 amide bonds. The van der Waals surface area contributed by atoms with Crippen LogP contribution in [0.4, 0.5) is 14.5 Å². The molecule has 1 heterocycles. The topological polar surface area (TPSA) is 30.3 Å². The minimum Gasteiger partial charge on any atom is -0.369 e. The van der Waals surface area contributed by atoms with E-state index in [9.17, 15) is 8.78 Å². The number of rotatable bonds is 2. The Labute approximate surface area is 98.9 Å². The Balaban J connectivity index is 2.01. The predicted molar refractivity (Wildman–Crippen MR) is 60.6 cm³/mol. The van der Waals surface area contributed by atoms with Gasteiger partial charge in [-0.2, -0.15) is 5.26 Å². The van der Waals surface area contributed by atoms with E-state index < -0.39 is 11.6 Å². The summed E-state index contributed by atoms with van der Waals surface area (Å²) in [6.45, 7) is 3.42. The van der Waals surface area contributed by atoms with Crippen molar-refractivity contribution < 1.29 is 8.78 Å². The molecule has 0 radical (unpaired) electrons. The van der Waals surface area contributed by atoms with Gasteiger partial charge in [0, 0.05) is 37.9 Å². The molecule has 0 aromatic heterocycles. The quantitative estimate of drug-likeness (QED) is 0.732. The first-order chi connectivity index (χ1) is 8.20. The number of halogens is 2. The van der Waals surface area contributed by atoms with E-state index in [2.05, 4.69) is 6.07 Å². The molecule has 1 saturated heterocycles. The van der Waals surface area contributed by atoms with Crippen LogP contribution in [0.1, 0.15) is 0 Å². The molecule has 1 fully saturated rings. The third kappa shape index (κ3) is 2.71. The number of piperazine rings is 1. The predicted octanol–water partition coefficient (Wildman–Crippen LogP) is 1.61. The Morgan fingerprint density at radius 1 is 1.12 bits per heavy atom. The number of benzene rings is 1. The van der Waals surface area contributed by atoms with Gasteiger partial charge in [-0.3, -0.25) is 4.90 Å². The third-order valence-electron chi connectivity index (χ3n) is 2.93. The SMILES string of the molecule is N#CCN1CCN(c2ccc(F)c(F)c2)CC1. The van der Waals surface area contributed by atoms with Gasteiger partial charge in [0.25, 0.3) is 0 Å². The second kappa shape index (κ2) is 5.11. The van der Waals surface area contributed by atoms with E-state index in [0.29, 0.717) is 12.2 Å². The molecule has 0 atom stereocenters. The van der Waals surface area contributed by atoms with Gasteiger partial charge in [-0.15, -0.1) is 0 Å². The molecule has 17 heavy (non-hydrogen) atoms. The molecule has 0 aliphatic carbocycles. The van der Waals surface area contributed by atoms with Gasteiger partial charge in [0.2, 0.25) is 0 Å². The molecule has 0 N–H and O–H groups in total. The highest BCUT2D eigenvalue weighted by molar-refractivity contribution is 5.47. The van der Waals surface area contributed by atoms with Crippen LogP contribution < -0.4 is 4.90 Å². The summed E-state index contributed by atoms with van der Waals surface area (Å²) in [5, 5.41) is 8.57. The lowest BCUT2D eigenvalue weighted by Crippen LogP contribution is -2.46. The normalized spacial score (nSPS) is 16.9. The van der Waals surface area contributed by atoms with E-state index in [-0.39, 0.29) is 0 Å². The zero-order valence-corrected chi connectivity index (χ0v) is 9.37. The van der Waals surface area contributed by atoms with Crippen molar-refractivity contribution in [3.05, 3.63) is 29.8 Å². The molecule has 0 saturated carbocycles. The molecule has 1 aliphatic heterocycles. The lowest BCUT2D eigenvalue weighted by atomic mass is 10.2. The smallest absolute Gasteiger partial charge is 0.160 e. The summed E-state index contributed by atoms with van der Waals surface area (Å²) in [4.78, 5) is 4.03. The van der Waals surface area contributed by atoms with Gasteiger partial charge in [0.05, 0.1) is 12.6 Å². The lowest BCUT2D eigenvalue weighted by Gasteiger charge is -2.34. The average Bonchev–Trinajstić information content (AvgIpc) is 2.34. The summed E-state index contributed by atoms with van der Waals surface area (Å²) in [5.74, 6) is -1.64. The molecule has 1 aromatic rings. The van der Waals surface area contributed by atoms with E-state index in [1.807, 2.05) is 9.80 Å². The molecule has 3 nitrogen and oxygen atoms in total. The third-order valence-corrected chi connectivity index (χ3v) is 2.93. The van der Waals surface area contributed by atoms with Gasteiger partial charge in [0.15, 0.2) is 11.6 Å². The molecule has 90 valence electrons. The highest BCUT2D eigenvalue weighted by Gasteiger charge is 2.17. The highest BCUT2D eigenvalue weighted by Crippen LogP contribution is 2.19. The summed E-state index contributed by atoms with van der Waals surface area (Å²) < 4.78 is 25.9. The van der Waals surface area contributed by atoms with E-state index in [1.54, 1.807) is 6.07 Å². The molecule has 5 heteroatoms. The lowest BCUT2D eigenvalue weighted by molar-refractivity contribution is 0.287. The number of anilines is 1. The van der Waals surface area contributed by atoms with Crippen molar-refractivity contribution in [2.24, 2.45) is 0 Å². The zero-order valence-electron chi connectivity index (χ0n) is 9.37. The Morgan fingerprint density at radius 3 is 2.41 bits per heavy atom. The van der Waals surface area contributed by atoms with Crippen LogP contribution in [-0.2, 0) is 0 Å². The van der Waals surface area contributed by atoms with Crippen LogP contribution in [-0.4, -0.2) is 37.6 Å². The van der Waals surface area contributed by atoms with Gasteiger partial charge >= 0.3 is 0 Å². The summed E-state index contributed by atoms with van der Waals surface area (Å²) >= 11 is 0. The minimum absolute atomic E-state index is 0.422. The summed E-state index contributed by atoms with van der Waals surface area (Å²) in [7, 11) is 0. The first-order valence-corrected chi connectivity index (χ1v) is 5.50. The van der Waals surface area contributed by atoms with Crippen LogP contribution in [0.5, 0.6) is 0 Å². The van der Waals surface area contributed by atoms with Crippen molar-refractivity contribution in [2.45, 2.75) is 0 Å². The first kappa shape index (κ1) is 11.8. The van der Waals surface area contributed by atoms with Crippen molar-refractivity contribution in [3.8, 4) is 6.07 Å². The molecule has 0 bridgehead atoms. The number of nitrogens with zero attached hydrogens (tertiary/aromatic N) is 3. The van der Waals surface area contributed by atoms with Crippen LogP contribution in [0.25, 0.3) is 0 Å². The Morgan fingerprint density at radius 2 is 1.82 bits per heavy atom. The van der Waals surface area contributed by atoms with Gasteiger partial charge in [-0.05, 0) is 12.1 Å². The number of hydrogen-bond acceptors (Lipinski definition) is 3. The Bertz CT molecular complexity index is 434. The monoisotopic (exact) mass is 237 g/mol. The average molecular weight is 237 g/mol. The van der Waals surface area contributed by atoms with Crippen molar-refractivity contribution in [1.29, 1.82) is 5.26 Å². The summed E-state index contributed by atoms with van der Waals surface area (Å²) in [6, 6.07) is 6.05. The van der Waals surface area contributed by atoms with Crippen molar-refractivity contribution in [1.82, 2.24) is 4.90 Å². The molecule has 0 unspecified atom stereocenters. The van der Waals surface area contributed by atoms with E-state index in [1.165, 1.54) is 6.07 Å². The van der Waals surface area contributed by atoms with Gasteiger partial charge in [-0.25, -0.2) is 8.78 Å². The Kier molecular flexibility index (Phi) is 3.55. The van der Waals surface area contributed by atoms with Crippen molar-refractivity contribution in [3.63, 3.8) is 0 Å². The second-order valence-electron chi connectivity index (χ2n) is 4.02. The minimum atomic E-state index is -0.822. The Hall–Kier alpha value is -1.67. The molecular formula is C12H13F2N3. The van der Waals surface area contributed by atoms with Crippen LogP contribution in [0, 0.1) is 23.0 Å². The van der Waals surface area contributed by atoms with Crippen molar-refractivity contribution in [2.75, 3.05) is 37.6 Å². The van der Waals surface area contributed by atoms with Crippen LogP contribution in [0.15, 0.2) is 18.2 Å². The maximum atomic E-state index is 13.1. The van der Waals surface area contributed by atoms with Crippen molar-refractivity contribution >= 4 is 5.69 Å². The largest absolute Gasteiger partial charge is 0.369 e. The van der Waals surface area contributed by atoms with Crippen LogP contribution >= 0.6 is 0 Å². The molecule has 0 spiro atoms. The fourth-order valence-corrected chi connectivity index (χ4v) is 1.95. The van der Waals surface area contributed by atoms with E-state index >= 15 is 0 Å². The standard InChI is InChI=1S/C12H13F2N3/c13-11-2-1-10(9-12(11)14)17-7-5-16(4-3-15)6-8-17/h1-2,9H,4-8H2. The maximum Gasteiger partial charge on any atom is 0.160 e. The molecule has 1 aliphatic rings. The summed E-state index contributed by atoms with van der Waals surface area (Å²) in [5.41, 5.74) is 0.695. The second-order valence-corrected chi connectivity index (χ2v) is 4.02. The van der Waals surface area contributed by atoms with Crippen LogP contribution in [0.2, 0.25) is 0 Å². The fraction of sp³-hybridized carbons (Fsp3) is 0.417. The van der Waals surface area contributed by atoms with Gasteiger partial charge in [0.1, 0.15) is 0 Å². The first-order valence-electron chi connectivity index (χ1n) is 5.50. The van der Waals surface area contributed by atoms with Gasteiger partial charge < -0.3 is 4.90 Å². The molecular weight excluding hydrogens is 224 g/mol. The molecule has 2 rings (SSSR count). The zero-order chi connectivity index (χ0) is 12.3.